The molecule has 1 heterocycles. The summed E-state index contributed by atoms with van der Waals surface area (Å²) in [6.45, 7) is 3.91. The van der Waals surface area contributed by atoms with E-state index in [1.165, 1.54) is 37.1 Å². The van der Waals surface area contributed by atoms with Crippen molar-refractivity contribution in [1.82, 2.24) is 10.2 Å². The lowest BCUT2D eigenvalue weighted by molar-refractivity contribution is -0.116. The number of benzene rings is 2. The van der Waals surface area contributed by atoms with Gasteiger partial charge in [0.15, 0.2) is 0 Å². The van der Waals surface area contributed by atoms with E-state index in [1.807, 2.05) is 42.5 Å². The number of hydrogen-bond donors (Lipinski definition) is 1. The molecule has 0 atom stereocenters. The molecule has 1 aliphatic heterocycles. The van der Waals surface area contributed by atoms with Crippen LogP contribution in [0.25, 0.3) is 6.08 Å². The maximum Gasteiger partial charge on any atom is 0.244 e. The molecule has 3 nitrogen and oxygen atoms in total. The van der Waals surface area contributed by atoms with Crippen LogP contribution in [0.4, 0.5) is 0 Å². The molecule has 2 aromatic carbocycles. The van der Waals surface area contributed by atoms with Crippen molar-refractivity contribution in [3.05, 3.63) is 77.4 Å². The average Bonchev–Trinajstić information content (AvgIpc) is 3.13. The second kappa shape index (κ2) is 8.46. The Balaban J connectivity index is 1.56. The van der Waals surface area contributed by atoms with Crippen molar-refractivity contribution in [2.45, 2.75) is 25.9 Å². The minimum Gasteiger partial charge on any atom is -0.348 e. The molecule has 0 bridgehead atoms. The predicted molar refractivity (Wildman–Crippen MR) is 98.3 cm³/mol. The Morgan fingerprint density at radius 1 is 0.958 bits per heavy atom. The van der Waals surface area contributed by atoms with Crippen molar-refractivity contribution in [2.24, 2.45) is 0 Å². The minimum absolute atomic E-state index is 0.0603. The molecule has 3 heteroatoms. The molecule has 1 saturated heterocycles. The quantitative estimate of drug-likeness (QED) is 0.825. The first-order chi connectivity index (χ1) is 11.8. The van der Waals surface area contributed by atoms with Crippen LogP contribution >= 0.6 is 0 Å². The van der Waals surface area contributed by atoms with Crippen molar-refractivity contribution in [3.8, 4) is 0 Å². The van der Waals surface area contributed by atoms with Gasteiger partial charge in [0, 0.05) is 19.2 Å². The Hall–Kier alpha value is -2.39. The van der Waals surface area contributed by atoms with Crippen molar-refractivity contribution >= 4 is 12.0 Å². The maximum atomic E-state index is 12.0. The minimum atomic E-state index is -0.0603. The van der Waals surface area contributed by atoms with E-state index in [9.17, 15) is 4.79 Å². The first kappa shape index (κ1) is 16.5. The number of hydrogen-bond acceptors (Lipinski definition) is 2. The third-order valence-corrected chi connectivity index (χ3v) is 4.39. The van der Waals surface area contributed by atoms with Crippen LogP contribution in [0, 0.1) is 0 Å². The SMILES string of the molecule is O=C(/C=C/c1ccccc1)NCc1ccccc1CN1CCCC1. The van der Waals surface area contributed by atoms with Gasteiger partial charge >= 0.3 is 0 Å². The Kier molecular flexibility index (Phi) is 5.80. The average molecular weight is 320 g/mol. The number of nitrogens with one attached hydrogen (secondary N) is 1. The van der Waals surface area contributed by atoms with E-state index in [4.69, 9.17) is 0 Å². The largest absolute Gasteiger partial charge is 0.348 e. The van der Waals surface area contributed by atoms with E-state index in [0.29, 0.717) is 6.54 Å². The summed E-state index contributed by atoms with van der Waals surface area (Å²) in [4.78, 5) is 14.5. The van der Waals surface area contributed by atoms with Gasteiger partial charge in [-0.05, 0) is 48.7 Å². The molecule has 0 aromatic heterocycles. The lowest BCUT2D eigenvalue weighted by Crippen LogP contribution is -2.23. The van der Waals surface area contributed by atoms with Gasteiger partial charge in [-0.1, -0.05) is 54.6 Å². The zero-order valence-electron chi connectivity index (χ0n) is 13.9. The van der Waals surface area contributed by atoms with Crippen LogP contribution < -0.4 is 5.32 Å². The van der Waals surface area contributed by atoms with Gasteiger partial charge in [-0.3, -0.25) is 9.69 Å². The molecule has 0 saturated carbocycles. The first-order valence-corrected chi connectivity index (χ1v) is 8.61. The van der Waals surface area contributed by atoms with E-state index >= 15 is 0 Å². The van der Waals surface area contributed by atoms with E-state index in [2.05, 4.69) is 28.4 Å². The molecular weight excluding hydrogens is 296 g/mol. The summed E-state index contributed by atoms with van der Waals surface area (Å²) in [5, 5.41) is 2.99. The van der Waals surface area contributed by atoms with Gasteiger partial charge in [-0.25, -0.2) is 0 Å². The highest BCUT2D eigenvalue weighted by Crippen LogP contribution is 2.16. The molecule has 0 spiro atoms. The van der Waals surface area contributed by atoms with Gasteiger partial charge < -0.3 is 5.32 Å². The predicted octanol–water partition coefficient (Wildman–Crippen LogP) is 3.61. The fourth-order valence-electron chi connectivity index (χ4n) is 3.04. The molecule has 0 radical (unpaired) electrons. The van der Waals surface area contributed by atoms with Gasteiger partial charge in [0.1, 0.15) is 0 Å². The molecule has 1 aliphatic rings. The number of likely N-dealkylation sites (tertiary alicyclic amines) is 1. The van der Waals surface area contributed by atoms with E-state index in [1.54, 1.807) is 6.08 Å². The van der Waals surface area contributed by atoms with Crippen LogP contribution in [0.3, 0.4) is 0 Å². The molecule has 1 N–H and O–H groups in total. The van der Waals surface area contributed by atoms with Crippen molar-refractivity contribution in [1.29, 1.82) is 0 Å². The Morgan fingerprint density at radius 2 is 1.62 bits per heavy atom. The molecular formula is C21H24N2O. The van der Waals surface area contributed by atoms with Gasteiger partial charge in [-0.2, -0.15) is 0 Å². The maximum absolute atomic E-state index is 12.0. The highest BCUT2D eigenvalue weighted by Gasteiger charge is 2.13. The topological polar surface area (TPSA) is 32.3 Å². The van der Waals surface area contributed by atoms with Crippen LogP contribution in [0.2, 0.25) is 0 Å². The number of nitrogens with zero attached hydrogens (tertiary/aromatic N) is 1. The van der Waals surface area contributed by atoms with Crippen molar-refractivity contribution < 1.29 is 4.79 Å². The standard InChI is InChI=1S/C21H24N2O/c24-21(13-12-18-8-2-1-3-9-18)22-16-19-10-4-5-11-20(19)17-23-14-6-7-15-23/h1-5,8-13H,6-7,14-17H2,(H,22,24)/b13-12+. The fraction of sp³-hybridized carbons (Fsp3) is 0.286. The zero-order valence-corrected chi connectivity index (χ0v) is 13.9. The third-order valence-electron chi connectivity index (χ3n) is 4.39. The number of rotatable bonds is 6. The van der Waals surface area contributed by atoms with E-state index < -0.39 is 0 Å². The van der Waals surface area contributed by atoms with E-state index in [-0.39, 0.29) is 5.91 Å². The second-order valence-electron chi connectivity index (χ2n) is 6.21. The van der Waals surface area contributed by atoms with E-state index in [0.717, 1.165) is 12.1 Å². The summed E-state index contributed by atoms with van der Waals surface area (Å²) in [5.74, 6) is -0.0603. The molecule has 0 unspecified atom stereocenters. The number of carbonyl (C=O) groups is 1. The summed E-state index contributed by atoms with van der Waals surface area (Å²) in [6.07, 6.45) is 6.02. The van der Waals surface area contributed by atoms with Crippen molar-refractivity contribution in [3.63, 3.8) is 0 Å². The molecule has 124 valence electrons. The van der Waals surface area contributed by atoms with Gasteiger partial charge in [0.05, 0.1) is 0 Å². The molecule has 3 rings (SSSR count). The second-order valence-corrected chi connectivity index (χ2v) is 6.21. The lowest BCUT2D eigenvalue weighted by atomic mass is 10.1. The Morgan fingerprint density at radius 3 is 2.38 bits per heavy atom. The smallest absolute Gasteiger partial charge is 0.244 e. The van der Waals surface area contributed by atoms with Crippen LogP contribution in [-0.2, 0) is 17.9 Å². The Labute approximate surface area is 144 Å². The van der Waals surface area contributed by atoms with Gasteiger partial charge in [0.25, 0.3) is 0 Å². The van der Waals surface area contributed by atoms with Crippen LogP contribution in [0.1, 0.15) is 29.5 Å². The highest BCUT2D eigenvalue weighted by molar-refractivity contribution is 5.91. The molecule has 2 aromatic rings. The van der Waals surface area contributed by atoms with Gasteiger partial charge in [-0.15, -0.1) is 0 Å². The molecule has 1 fully saturated rings. The molecule has 0 aliphatic carbocycles. The lowest BCUT2D eigenvalue weighted by Gasteiger charge is -2.17. The van der Waals surface area contributed by atoms with Crippen molar-refractivity contribution in [2.75, 3.05) is 13.1 Å². The van der Waals surface area contributed by atoms with Crippen LogP contribution in [-0.4, -0.2) is 23.9 Å². The fourth-order valence-corrected chi connectivity index (χ4v) is 3.04. The summed E-state index contributed by atoms with van der Waals surface area (Å²) in [5.41, 5.74) is 3.54. The summed E-state index contributed by atoms with van der Waals surface area (Å²) < 4.78 is 0. The highest BCUT2D eigenvalue weighted by atomic mass is 16.1. The molecule has 1 amide bonds. The normalized spacial score (nSPS) is 15.0. The number of amides is 1. The summed E-state index contributed by atoms with van der Waals surface area (Å²) >= 11 is 0. The molecule has 24 heavy (non-hydrogen) atoms. The third kappa shape index (κ3) is 4.80. The summed E-state index contributed by atoms with van der Waals surface area (Å²) in [7, 11) is 0. The zero-order chi connectivity index (χ0) is 16.6. The van der Waals surface area contributed by atoms with Gasteiger partial charge in [0.2, 0.25) is 5.91 Å². The summed E-state index contributed by atoms with van der Waals surface area (Å²) in [6, 6.07) is 18.2. The first-order valence-electron chi connectivity index (χ1n) is 8.61. The van der Waals surface area contributed by atoms with Crippen LogP contribution in [0.5, 0.6) is 0 Å². The number of carbonyl (C=O) groups excluding carboxylic acids is 1. The van der Waals surface area contributed by atoms with Crippen LogP contribution in [0.15, 0.2) is 60.7 Å². The Bertz CT molecular complexity index is 688. The monoisotopic (exact) mass is 320 g/mol.